The monoisotopic (exact) mass is 236 g/mol. The van der Waals surface area contributed by atoms with Crippen molar-refractivity contribution < 1.29 is 9.84 Å². The van der Waals surface area contributed by atoms with Gasteiger partial charge in [-0.1, -0.05) is 31.8 Å². The Labute approximate surface area is 98.6 Å². The average Bonchev–Trinajstić information content (AvgIpc) is 2.19. The van der Waals surface area contributed by atoms with Gasteiger partial charge in [0.2, 0.25) is 0 Å². The molecule has 0 spiro atoms. The molecule has 88 valence electrons. The highest BCUT2D eigenvalue weighted by molar-refractivity contribution is 6.89. The quantitative estimate of drug-likeness (QED) is 0.643. The van der Waals surface area contributed by atoms with Gasteiger partial charge in [-0.25, -0.2) is 0 Å². The number of hydrogen-bond donors (Lipinski definition) is 1. The van der Waals surface area contributed by atoms with Gasteiger partial charge < -0.3 is 9.84 Å². The maximum atomic E-state index is 10.1. The number of phenolic OH excluding ortho intramolecular Hbond substituents is 1. The molecule has 0 aliphatic carbocycles. The van der Waals surface area contributed by atoms with E-state index in [0.717, 1.165) is 17.2 Å². The standard InChI is InChI=1S/C13H20O2Si/c1-6-7-10-8-11(15-2)13(14)12(9-10)16(3,4)5/h6,8-9,14H,1,7H2,2-5H3. The molecule has 1 N–H and O–H groups in total. The second kappa shape index (κ2) is 4.74. The van der Waals surface area contributed by atoms with Crippen LogP contribution in [0.4, 0.5) is 0 Å². The van der Waals surface area contributed by atoms with Crippen molar-refractivity contribution in [1.29, 1.82) is 0 Å². The third-order valence-corrected chi connectivity index (χ3v) is 4.54. The van der Waals surface area contributed by atoms with Crippen molar-refractivity contribution in [2.45, 2.75) is 26.1 Å². The van der Waals surface area contributed by atoms with E-state index in [2.05, 4.69) is 32.3 Å². The zero-order chi connectivity index (χ0) is 12.3. The molecule has 0 saturated heterocycles. The van der Waals surface area contributed by atoms with Crippen LogP contribution in [0.5, 0.6) is 11.5 Å². The van der Waals surface area contributed by atoms with Crippen molar-refractivity contribution in [3.05, 3.63) is 30.4 Å². The first-order valence-corrected chi connectivity index (χ1v) is 8.91. The van der Waals surface area contributed by atoms with E-state index in [1.54, 1.807) is 7.11 Å². The van der Waals surface area contributed by atoms with Crippen LogP contribution in [-0.2, 0) is 6.42 Å². The number of allylic oxidation sites excluding steroid dienone is 1. The lowest BCUT2D eigenvalue weighted by molar-refractivity contribution is 0.375. The molecule has 1 rings (SSSR count). The van der Waals surface area contributed by atoms with Crippen molar-refractivity contribution in [2.24, 2.45) is 0 Å². The predicted octanol–water partition coefficient (Wildman–Crippen LogP) is 2.67. The zero-order valence-electron chi connectivity index (χ0n) is 10.5. The number of aromatic hydroxyl groups is 1. The predicted molar refractivity (Wildman–Crippen MR) is 71.5 cm³/mol. The summed E-state index contributed by atoms with van der Waals surface area (Å²) in [7, 11) is 0.0338. The highest BCUT2D eigenvalue weighted by atomic mass is 28.3. The lowest BCUT2D eigenvalue weighted by Gasteiger charge is -2.21. The lowest BCUT2D eigenvalue weighted by Crippen LogP contribution is -2.38. The lowest BCUT2D eigenvalue weighted by atomic mass is 10.1. The van der Waals surface area contributed by atoms with E-state index >= 15 is 0 Å². The van der Waals surface area contributed by atoms with Crippen molar-refractivity contribution >= 4 is 13.3 Å². The molecule has 0 aliphatic heterocycles. The third-order valence-electron chi connectivity index (χ3n) is 2.54. The minimum absolute atomic E-state index is 0.300. The van der Waals surface area contributed by atoms with E-state index in [1.165, 1.54) is 0 Å². The summed E-state index contributed by atoms with van der Waals surface area (Å²) in [5.41, 5.74) is 1.14. The molecule has 0 radical (unpaired) electrons. The van der Waals surface area contributed by atoms with Gasteiger partial charge in [0.15, 0.2) is 11.5 Å². The van der Waals surface area contributed by atoms with Gasteiger partial charge in [-0.2, -0.15) is 0 Å². The summed E-state index contributed by atoms with van der Waals surface area (Å²) in [6, 6.07) is 3.95. The Hall–Kier alpha value is -1.22. The van der Waals surface area contributed by atoms with Crippen molar-refractivity contribution in [3.8, 4) is 11.5 Å². The molecule has 1 aromatic carbocycles. The highest BCUT2D eigenvalue weighted by Crippen LogP contribution is 2.27. The molecule has 3 heteroatoms. The summed E-state index contributed by atoms with van der Waals surface area (Å²) in [5, 5.41) is 11.1. The second-order valence-electron chi connectivity index (χ2n) is 4.94. The van der Waals surface area contributed by atoms with Crippen LogP contribution in [0.15, 0.2) is 24.8 Å². The minimum Gasteiger partial charge on any atom is -0.504 e. The molecule has 2 nitrogen and oxygen atoms in total. The maximum absolute atomic E-state index is 10.1. The molecule has 0 fully saturated rings. The van der Waals surface area contributed by atoms with Crippen LogP contribution in [0.3, 0.4) is 0 Å². The number of phenols is 1. The number of rotatable bonds is 4. The first-order valence-electron chi connectivity index (χ1n) is 5.41. The SMILES string of the molecule is C=CCc1cc(OC)c(O)c([Si](C)(C)C)c1. The fourth-order valence-electron chi connectivity index (χ4n) is 1.68. The van der Waals surface area contributed by atoms with Crippen molar-refractivity contribution in [2.75, 3.05) is 7.11 Å². The van der Waals surface area contributed by atoms with E-state index in [1.807, 2.05) is 12.1 Å². The molecule has 0 heterocycles. The smallest absolute Gasteiger partial charge is 0.160 e. The molecule has 0 aromatic heterocycles. The van der Waals surface area contributed by atoms with Gasteiger partial charge >= 0.3 is 0 Å². The Morgan fingerprint density at radius 1 is 1.38 bits per heavy atom. The summed E-state index contributed by atoms with van der Waals surface area (Å²) in [6.45, 7) is 10.4. The van der Waals surface area contributed by atoms with Gasteiger partial charge in [0, 0.05) is 0 Å². The van der Waals surface area contributed by atoms with Gasteiger partial charge in [-0.15, -0.1) is 6.58 Å². The molecule has 0 atom stereocenters. The summed E-state index contributed by atoms with van der Waals surface area (Å²) in [6.07, 6.45) is 2.66. The van der Waals surface area contributed by atoms with Crippen LogP contribution < -0.4 is 9.92 Å². The molecule has 0 bridgehead atoms. The first-order chi connectivity index (χ1) is 7.40. The van der Waals surface area contributed by atoms with Gasteiger partial charge in [0.05, 0.1) is 15.2 Å². The first kappa shape index (κ1) is 12.8. The summed E-state index contributed by atoms with van der Waals surface area (Å²) in [5.74, 6) is 0.867. The Balaban J connectivity index is 3.35. The Morgan fingerprint density at radius 2 is 2.00 bits per heavy atom. The van der Waals surface area contributed by atoms with Gasteiger partial charge in [0.1, 0.15) is 0 Å². The van der Waals surface area contributed by atoms with E-state index < -0.39 is 8.07 Å². The van der Waals surface area contributed by atoms with E-state index in [0.29, 0.717) is 11.5 Å². The molecule has 0 amide bonds. The molecular weight excluding hydrogens is 216 g/mol. The summed E-state index contributed by atoms with van der Waals surface area (Å²) in [4.78, 5) is 0. The molecule has 0 unspecified atom stereocenters. The third kappa shape index (κ3) is 2.67. The van der Waals surface area contributed by atoms with Crippen LogP contribution in [-0.4, -0.2) is 20.3 Å². The topological polar surface area (TPSA) is 29.5 Å². The number of benzene rings is 1. The maximum Gasteiger partial charge on any atom is 0.160 e. The van der Waals surface area contributed by atoms with Crippen LogP contribution in [0.1, 0.15) is 5.56 Å². The zero-order valence-corrected chi connectivity index (χ0v) is 11.5. The summed E-state index contributed by atoms with van der Waals surface area (Å²) >= 11 is 0. The van der Waals surface area contributed by atoms with Crippen molar-refractivity contribution in [3.63, 3.8) is 0 Å². The number of ether oxygens (including phenoxy) is 1. The Bertz CT molecular complexity index is 392. The minimum atomic E-state index is -1.55. The van der Waals surface area contributed by atoms with Gasteiger partial charge in [0.25, 0.3) is 0 Å². The van der Waals surface area contributed by atoms with Crippen LogP contribution >= 0.6 is 0 Å². The van der Waals surface area contributed by atoms with E-state index in [9.17, 15) is 5.11 Å². The van der Waals surface area contributed by atoms with E-state index in [4.69, 9.17) is 4.74 Å². The normalized spacial score (nSPS) is 11.2. The van der Waals surface area contributed by atoms with Crippen LogP contribution in [0.25, 0.3) is 0 Å². The average molecular weight is 236 g/mol. The van der Waals surface area contributed by atoms with Crippen LogP contribution in [0, 0.1) is 0 Å². The molecule has 16 heavy (non-hydrogen) atoms. The number of hydrogen-bond acceptors (Lipinski definition) is 2. The fraction of sp³-hybridized carbons (Fsp3) is 0.385. The molecule has 0 aliphatic rings. The molecular formula is C13H20O2Si. The van der Waals surface area contributed by atoms with Crippen LogP contribution in [0.2, 0.25) is 19.6 Å². The van der Waals surface area contributed by atoms with Gasteiger partial charge in [-0.3, -0.25) is 0 Å². The van der Waals surface area contributed by atoms with E-state index in [-0.39, 0.29) is 0 Å². The highest BCUT2D eigenvalue weighted by Gasteiger charge is 2.23. The summed E-state index contributed by atoms with van der Waals surface area (Å²) < 4.78 is 5.21. The number of methoxy groups -OCH3 is 1. The molecule has 1 aromatic rings. The largest absolute Gasteiger partial charge is 0.504 e. The van der Waals surface area contributed by atoms with Gasteiger partial charge in [-0.05, 0) is 23.2 Å². The molecule has 0 saturated carbocycles. The Morgan fingerprint density at radius 3 is 2.44 bits per heavy atom. The Kier molecular flexibility index (Phi) is 3.81. The second-order valence-corrected chi connectivity index (χ2v) is 9.98. The van der Waals surface area contributed by atoms with Crippen molar-refractivity contribution in [1.82, 2.24) is 0 Å². The fourth-order valence-corrected chi connectivity index (χ4v) is 3.13.